The molecule has 2 heterocycles. The molecule has 31 heavy (non-hydrogen) atoms. The van der Waals surface area contributed by atoms with Crippen LogP contribution in [0, 0.1) is 5.92 Å². The Balaban J connectivity index is 1.39. The van der Waals surface area contributed by atoms with Crippen molar-refractivity contribution >= 4 is 21.6 Å². The summed E-state index contributed by atoms with van der Waals surface area (Å²) in [4.78, 5) is 12.9. The number of anilines is 1. The molecule has 0 radical (unpaired) electrons. The van der Waals surface area contributed by atoms with Crippen LogP contribution < -0.4 is 14.8 Å². The zero-order chi connectivity index (χ0) is 22.0. The first-order valence-corrected chi connectivity index (χ1v) is 12.1. The maximum atomic E-state index is 13.1. The van der Waals surface area contributed by atoms with Crippen molar-refractivity contribution in [1.29, 1.82) is 0 Å². The van der Waals surface area contributed by atoms with Crippen LogP contribution in [0.15, 0.2) is 47.4 Å². The fraction of sp³-hybridized carbons (Fsp3) is 0.435. The van der Waals surface area contributed by atoms with Gasteiger partial charge in [-0.15, -0.1) is 0 Å². The second kappa shape index (κ2) is 8.88. The Morgan fingerprint density at radius 2 is 1.74 bits per heavy atom. The van der Waals surface area contributed by atoms with Gasteiger partial charge in [0.1, 0.15) is 13.2 Å². The number of rotatable bonds is 5. The van der Waals surface area contributed by atoms with E-state index in [0.717, 1.165) is 11.3 Å². The first-order chi connectivity index (χ1) is 14.8. The zero-order valence-corrected chi connectivity index (χ0v) is 18.7. The molecule has 2 aliphatic rings. The van der Waals surface area contributed by atoms with Gasteiger partial charge in [0.15, 0.2) is 11.5 Å². The maximum absolute atomic E-state index is 13.1. The summed E-state index contributed by atoms with van der Waals surface area (Å²) < 4.78 is 38.6. The highest BCUT2D eigenvalue weighted by Gasteiger charge is 2.33. The molecule has 1 amide bonds. The van der Waals surface area contributed by atoms with Crippen LogP contribution in [-0.2, 0) is 14.8 Å². The zero-order valence-electron chi connectivity index (χ0n) is 17.8. The van der Waals surface area contributed by atoms with Crippen LogP contribution in [0.3, 0.4) is 0 Å². The number of carbonyl (C=O) groups is 1. The molecule has 8 heteroatoms. The molecule has 0 unspecified atom stereocenters. The minimum atomic E-state index is -3.65. The van der Waals surface area contributed by atoms with E-state index in [9.17, 15) is 13.2 Å². The highest BCUT2D eigenvalue weighted by molar-refractivity contribution is 7.89. The second-order valence-electron chi connectivity index (χ2n) is 8.25. The average Bonchev–Trinajstić information content (AvgIpc) is 2.79. The third kappa shape index (κ3) is 4.70. The highest BCUT2D eigenvalue weighted by atomic mass is 32.2. The Morgan fingerprint density at radius 3 is 2.45 bits per heavy atom. The van der Waals surface area contributed by atoms with Crippen LogP contribution in [0.2, 0.25) is 0 Å². The van der Waals surface area contributed by atoms with Gasteiger partial charge in [-0.05, 0) is 48.6 Å². The van der Waals surface area contributed by atoms with Crippen molar-refractivity contribution in [1.82, 2.24) is 4.31 Å². The van der Waals surface area contributed by atoms with Crippen LogP contribution in [0.5, 0.6) is 11.5 Å². The Hall–Kier alpha value is -2.58. The normalized spacial score (nSPS) is 17.5. The average molecular weight is 445 g/mol. The number of nitrogens with zero attached hydrogens (tertiary/aromatic N) is 1. The number of carbonyl (C=O) groups excluding carboxylic acids is 1. The van der Waals surface area contributed by atoms with Gasteiger partial charge in [-0.3, -0.25) is 4.79 Å². The molecule has 2 aromatic carbocycles. The van der Waals surface area contributed by atoms with E-state index < -0.39 is 10.0 Å². The van der Waals surface area contributed by atoms with Crippen LogP contribution in [0.4, 0.5) is 5.69 Å². The van der Waals surface area contributed by atoms with Gasteiger partial charge in [-0.1, -0.05) is 26.0 Å². The van der Waals surface area contributed by atoms with E-state index in [1.54, 1.807) is 12.1 Å². The van der Waals surface area contributed by atoms with Crippen molar-refractivity contribution in [3.63, 3.8) is 0 Å². The number of benzene rings is 2. The van der Waals surface area contributed by atoms with Crippen molar-refractivity contribution in [2.24, 2.45) is 5.92 Å². The maximum Gasteiger partial charge on any atom is 0.243 e. The standard InChI is InChI=1S/C23H28N2O5S/c1-16(2)18-4-3-5-19(14-18)24-23(26)17-8-10-25(11-9-17)31(27,28)20-6-7-21-22(15-20)30-13-12-29-21/h3-7,14-17H,8-13H2,1-2H3,(H,24,26). The van der Waals surface area contributed by atoms with Crippen molar-refractivity contribution < 1.29 is 22.7 Å². The highest BCUT2D eigenvalue weighted by Crippen LogP contribution is 2.34. The molecule has 1 fully saturated rings. The molecular formula is C23H28N2O5S. The molecular weight excluding hydrogens is 416 g/mol. The smallest absolute Gasteiger partial charge is 0.243 e. The number of piperidine rings is 1. The largest absolute Gasteiger partial charge is 0.486 e. The number of sulfonamides is 1. The van der Waals surface area contributed by atoms with E-state index >= 15 is 0 Å². The third-order valence-corrected chi connectivity index (χ3v) is 7.69. The molecule has 0 aromatic heterocycles. The van der Waals surface area contributed by atoms with Crippen LogP contribution in [0.25, 0.3) is 0 Å². The molecule has 0 atom stereocenters. The van der Waals surface area contributed by atoms with E-state index in [-0.39, 0.29) is 16.7 Å². The minimum Gasteiger partial charge on any atom is -0.486 e. The van der Waals surface area contributed by atoms with Gasteiger partial charge in [0.25, 0.3) is 0 Å². The molecule has 166 valence electrons. The van der Waals surface area contributed by atoms with Gasteiger partial charge in [0, 0.05) is 30.8 Å². The number of amides is 1. The lowest BCUT2D eigenvalue weighted by molar-refractivity contribution is -0.120. The first kappa shape index (κ1) is 21.6. The van der Waals surface area contributed by atoms with Crippen LogP contribution in [0.1, 0.15) is 38.2 Å². The molecule has 0 saturated carbocycles. The van der Waals surface area contributed by atoms with Gasteiger partial charge in [-0.25, -0.2) is 8.42 Å². The summed E-state index contributed by atoms with van der Waals surface area (Å²) in [5, 5.41) is 2.99. The lowest BCUT2D eigenvalue weighted by Gasteiger charge is -2.31. The van der Waals surface area contributed by atoms with Gasteiger partial charge in [0.2, 0.25) is 15.9 Å². The number of hydrogen-bond acceptors (Lipinski definition) is 5. The van der Waals surface area contributed by atoms with Gasteiger partial charge >= 0.3 is 0 Å². The summed E-state index contributed by atoms with van der Waals surface area (Å²) in [5.74, 6) is 1.12. The summed E-state index contributed by atoms with van der Waals surface area (Å²) in [5.41, 5.74) is 1.95. The van der Waals surface area contributed by atoms with Gasteiger partial charge in [0.05, 0.1) is 4.90 Å². The van der Waals surface area contributed by atoms with E-state index in [1.807, 2.05) is 24.3 Å². The van der Waals surface area contributed by atoms with E-state index in [0.29, 0.717) is 56.6 Å². The molecule has 0 spiro atoms. The first-order valence-electron chi connectivity index (χ1n) is 10.7. The lowest BCUT2D eigenvalue weighted by atomic mass is 9.97. The van der Waals surface area contributed by atoms with Crippen molar-refractivity contribution in [3.8, 4) is 11.5 Å². The Morgan fingerprint density at radius 1 is 1.03 bits per heavy atom. The fourth-order valence-corrected chi connectivity index (χ4v) is 5.40. The van der Waals surface area contributed by atoms with E-state index in [2.05, 4.69) is 19.2 Å². The van der Waals surface area contributed by atoms with Crippen molar-refractivity contribution in [2.75, 3.05) is 31.6 Å². The number of fused-ring (bicyclic) bond motifs is 1. The second-order valence-corrected chi connectivity index (χ2v) is 10.2. The summed E-state index contributed by atoms with van der Waals surface area (Å²) in [6.45, 7) is 5.69. The van der Waals surface area contributed by atoms with Crippen molar-refractivity contribution in [3.05, 3.63) is 48.0 Å². The SMILES string of the molecule is CC(C)c1cccc(NC(=O)C2CCN(S(=O)(=O)c3ccc4c(c3)OCCO4)CC2)c1. The predicted molar refractivity (Wildman–Crippen MR) is 118 cm³/mol. The number of ether oxygens (including phenoxy) is 2. The molecule has 2 aliphatic heterocycles. The summed E-state index contributed by atoms with van der Waals surface area (Å²) in [7, 11) is -3.65. The quantitative estimate of drug-likeness (QED) is 0.761. The lowest BCUT2D eigenvalue weighted by Crippen LogP contribution is -2.41. The van der Waals surface area contributed by atoms with Crippen LogP contribution in [-0.4, -0.2) is 44.9 Å². The molecule has 4 rings (SSSR count). The Kier molecular flexibility index (Phi) is 6.20. The van der Waals surface area contributed by atoms with Gasteiger partial charge in [-0.2, -0.15) is 4.31 Å². The fourth-order valence-electron chi connectivity index (χ4n) is 3.91. The molecule has 1 saturated heterocycles. The molecule has 1 N–H and O–H groups in total. The molecule has 7 nitrogen and oxygen atoms in total. The molecule has 0 bridgehead atoms. The van der Waals surface area contributed by atoms with Crippen LogP contribution >= 0.6 is 0 Å². The molecule has 2 aromatic rings. The predicted octanol–water partition coefficient (Wildman–Crippen LogP) is 3.62. The number of hydrogen-bond donors (Lipinski definition) is 1. The topological polar surface area (TPSA) is 84.9 Å². The number of nitrogens with one attached hydrogen (secondary N) is 1. The summed E-state index contributed by atoms with van der Waals surface area (Å²) in [6, 6.07) is 12.5. The summed E-state index contributed by atoms with van der Waals surface area (Å²) in [6.07, 6.45) is 0.971. The van der Waals surface area contributed by atoms with E-state index in [1.165, 1.54) is 10.4 Å². The Labute approximate surface area is 183 Å². The third-order valence-electron chi connectivity index (χ3n) is 5.80. The summed E-state index contributed by atoms with van der Waals surface area (Å²) >= 11 is 0. The van der Waals surface area contributed by atoms with Gasteiger partial charge < -0.3 is 14.8 Å². The van der Waals surface area contributed by atoms with E-state index in [4.69, 9.17) is 9.47 Å². The van der Waals surface area contributed by atoms with Crippen molar-refractivity contribution in [2.45, 2.75) is 37.5 Å². The monoisotopic (exact) mass is 444 g/mol. The molecule has 0 aliphatic carbocycles. The minimum absolute atomic E-state index is 0.0581. The Bertz CT molecular complexity index is 1060.